The van der Waals surface area contributed by atoms with E-state index >= 15 is 0 Å². The van der Waals surface area contributed by atoms with Gasteiger partial charge >= 0.3 is 0 Å². The van der Waals surface area contributed by atoms with Crippen LogP contribution in [0.2, 0.25) is 0 Å². The van der Waals surface area contributed by atoms with Crippen molar-refractivity contribution in [1.29, 1.82) is 0 Å². The number of aryl methyl sites for hydroxylation is 1. The molecule has 0 unspecified atom stereocenters. The molecule has 0 aliphatic carbocycles. The summed E-state index contributed by atoms with van der Waals surface area (Å²) in [6.07, 6.45) is 1.48. The third-order valence-electron chi connectivity index (χ3n) is 4.21. The van der Waals surface area contributed by atoms with E-state index in [-0.39, 0.29) is 11.7 Å². The second kappa shape index (κ2) is 9.33. The Morgan fingerprint density at radius 2 is 1.86 bits per heavy atom. The number of hydrogen-bond acceptors (Lipinski definition) is 7. The van der Waals surface area contributed by atoms with Crippen molar-refractivity contribution in [3.8, 4) is 17.2 Å². The van der Waals surface area contributed by atoms with Gasteiger partial charge in [0, 0.05) is 19.2 Å². The lowest BCUT2D eigenvalue weighted by molar-refractivity contribution is -0.118. The molecule has 0 spiro atoms. The molecular weight excluding hydrogens is 392 g/mol. The molecule has 1 N–H and O–H groups in total. The lowest BCUT2D eigenvalue weighted by Gasteiger charge is -2.12. The average molecular weight is 414 g/mol. The Bertz CT molecular complexity index is 1020. The standard InChI is InChI=1S/C20H22N4O4S/c1-24-16-8-6-5-7-15(16)22-20(24)29-12-19(25)23-21-11-14-17(27-3)9-13(26-2)10-18(14)28-4/h5-11H,12H2,1-4H3,(H,23,25). The van der Waals surface area contributed by atoms with Crippen molar-refractivity contribution in [1.82, 2.24) is 15.0 Å². The topological polar surface area (TPSA) is 87.0 Å². The van der Waals surface area contributed by atoms with E-state index in [2.05, 4.69) is 15.5 Å². The molecule has 0 saturated carbocycles. The number of methoxy groups -OCH3 is 3. The van der Waals surface area contributed by atoms with Crippen LogP contribution in [0.1, 0.15) is 5.56 Å². The van der Waals surface area contributed by atoms with E-state index in [9.17, 15) is 4.79 Å². The lowest BCUT2D eigenvalue weighted by atomic mass is 10.2. The number of carbonyl (C=O) groups excluding carboxylic acids is 1. The normalized spacial score (nSPS) is 11.0. The Hall–Kier alpha value is -3.20. The molecule has 3 aromatic rings. The maximum absolute atomic E-state index is 12.2. The Kier molecular flexibility index (Phi) is 6.61. The average Bonchev–Trinajstić information content (AvgIpc) is 3.07. The molecule has 1 amide bonds. The molecule has 9 heteroatoms. The number of rotatable bonds is 8. The first-order valence-electron chi connectivity index (χ1n) is 8.73. The van der Waals surface area contributed by atoms with Crippen molar-refractivity contribution in [2.45, 2.75) is 5.16 Å². The zero-order valence-electron chi connectivity index (χ0n) is 16.6. The van der Waals surface area contributed by atoms with Crippen molar-refractivity contribution < 1.29 is 19.0 Å². The number of nitrogens with zero attached hydrogens (tertiary/aromatic N) is 3. The number of amides is 1. The quantitative estimate of drug-likeness (QED) is 0.347. The fourth-order valence-corrected chi connectivity index (χ4v) is 3.52. The molecule has 8 nitrogen and oxygen atoms in total. The Morgan fingerprint density at radius 3 is 2.48 bits per heavy atom. The van der Waals surface area contributed by atoms with Gasteiger partial charge < -0.3 is 18.8 Å². The molecule has 2 aromatic carbocycles. The highest BCUT2D eigenvalue weighted by Gasteiger charge is 2.12. The van der Waals surface area contributed by atoms with Gasteiger partial charge in [-0.05, 0) is 12.1 Å². The van der Waals surface area contributed by atoms with Gasteiger partial charge in [0.15, 0.2) is 5.16 Å². The molecule has 0 radical (unpaired) electrons. The molecule has 0 aliphatic rings. The van der Waals surface area contributed by atoms with Gasteiger partial charge in [0.25, 0.3) is 5.91 Å². The SMILES string of the molecule is COc1cc(OC)c(C=NNC(=O)CSc2nc3ccccc3n2C)c(OC)c1. The first-order chi connectivity index (χ1) is 14.1. The van der Waals surface area contributed by atoms with Crippen LogP contribution >= 0.6 is 11.8 Å². The molecule has 0 saturated heterocycles. The molecule has 0 aliphatic heterocycles. The third-order valence-corrected chi connectivity index (χ3v) is 5.24. The van der Waals surface area contributed by atoms with E-state index in [1.54, 1.807) is 19.2 Å². The van der Waals surface area contributed by atoms with Crippen molar-refractivity contribution >= 4 is 34.9 Å². The number of benzene rings is 2. The summed E-state index contributed by atoms with van der Waals surface area (Å²) in [5, 5.41) is 4.79. The highest BCUT2D eigenvalue weighted by Crippen LogP contribution is 2.32. The van der Waals surface area contributed by atoms with Crippen LogP contribution in [-0.4, -0.2) is 48.8 Å². The monoisotopic (exact) mass is 414 g/mol. The predicted molar refractivity (Wildman–Crippen MR) is 113 cm³/mol. The number of nitrogens with one attached hydrogen (secondary N) is 1. The summed E-state index contributed by atoms with van der Waals surface area (Å²) in [6.45, 7) is 0. The van der Waals surface area contributed by atoms with Crippen LogP contribution in [-0.2, 0) is 11.8 Å². The smallest absolute Gasteiger partial charge is 0.250 e. The van der Waals surface area contributed by atoms with Crippen LogP contribution in [0.3, 0.4) is 0 Å². The number of fused-ring (bicyclic) bond motifs is 1. The first kappa shape index (κ1) is 20.5. The van der Waals surface area contributed by atoms with Gasteiger partial charge in [-0.2, -0.15) is 5.10 Å². The fraction of sp³-hybridized carbons (Fsp3) is 0.250. The van der Waals surface area contributed by atoms with Crippen molar-refractivity contribution in [2.75, 3.05) is 27.1 Å². The summed E-state index contributed by atoms with van der Waals surface area (Å²) < 4.78 is 17.9. The molecule has 29 heavy (non-hydrogen) atoms. The zero-order chi connectivity index (χ0) is 20.8. The maximum atomic E-state index is 12.2. The summed E-state index contributed by atoms with van der Waals surface area (Å²) in [4.78, 5) is 16.7. The lowest BCUT2D eigenvalue weighted by Crippen LogP contribution is -2.20. The van der Waals surface area contributed by atoms with Crippen molar-refractivity contribution in [2.24, 2.45) is 12.1 Å². The fourth-order valence-electron chi connectivity index (χ4n) is 2.74. The van der Waals surface area contributed by atoms with E-state index in [4.69, 9.17) is 14.2 Å². The van der Waals surface area contributed by atoms with Gasteiger partial charge in [0.05, 0.1) is 49.9 Å². The molecular formula is C20H22N4O4S. The van der Waals surface area contributed by atoms with Crippen molar-refractivity contribution in [3.05, 3.63) is 42.0 Å². The van der Waals surface area contributed by atoms with Crippen LogP contribution < -0.4 is 19.6 Å². The van der Waals surface area contributed by atoms with Crippen LogP contribution in [0, 0.1) is 0 Å². The van der Waals surface area contributed by atoms with Gasteiger partial charge in [-0.25, -0.2) is 10.4 Å². The number of thioether (sulfide) groups is 1. The van der Waals surface area contributed by atoms with E-state index < -0.39 is 0 Å². The number of aromatic nitrogens is 2. The highest BCUT2D eigenvalue weighted by molar-refractivity contribution is 7.99. The van der Waals surface area contributed by atoms with Crippen LogP contribution in [0.5, 0.6) is 17.2 Å². The van der Waals surface area contributed by atoms with E-state index in [1.165, 1.54) is 32.2 Å². The number of para-hydroxylation sites is 2. The number of carbonyl (C=O) groups is 1. The second-order valence-corrected chi connectivity index (χ2v) is 6.91. The first-order valence-corrected chi connectivity index (χ1v) is 9.72. The largest absolute Gasteiger partial charge is 0.496 e. The zero-order valence-corrected chi connectivity index (χ0v) is 17.4. The molecule has 0 bridgehead atoms. The second-order valence-electron chi connectivity index (χ2n) is 5.97. The Labute approximate surface area is 172 Å². The minimum atomic E-state index is -0.246. The number of hydrazone groups is 1. The highest BCUT2D eigenvalue weighted by atomic mass is 32.2. The summed E-state index contributed by atoms with van der Waals surface area (Å²) in [6, 6.07) is 11.3. The summed E-state index contributed by atoms with van der Waals surface area (Å²) in [7, 11) is 6.57. The summed E-state index contributed by atoms with van der Waals surface area (Å²) in [5.74, 6) is 1.58. The molecule has 152 valence electrons. The van der Waals surface area contributed by atoms with Crippen LogP contribution in [0.4, 0.5) is 0 Å². The minimum absolute atomic E-state index is 0.186. The summed E-state index contributed by atoms with van der Waals surface area (Å²) >= 11 is 1.35. The van der Waals surface area contributed by atoms with Gasteiger partial charge in [-0.15, -0.1) is 0 Å². The summed E-state index contributed by atoms with van der Waals surface area (Å²) in [5.41, 5.74) is 5.03. The Balaban J connectivity index is 1.64. The van der Waals surface area contributed by atoms with Gasteiger partial charge in [-0.3, -0.25) is 4.79 Å². The molecule has 3 rings (SSSR count). The van der Waals surface area contributed by atoms with Crippen LogP contribution in [0.15, 0.2) is 46.7 Å². The molecule has 0 atom stereocenters. The van der Waals surface area contributed by atoms with Crippen LogP contribution in [0.25, 0.3) is 11.0 Å². The minimum Gasteiger partial charge on any atom is -0.496 e. The third kappa shape index (κ3) is 4.62. The maximum Gasteiger partial charge on any atom is 0.250 e. The van der Waals surface area contributed by atoms with Gasteiger partial charge in [-0.1, -0.05) is 23.9 Å². The van der Waals surface area contributed by atoms with E-state index in [1.807, 2.05) is 35.9 Å². The van der Waals surface area contributed by atoms with E-state index in [0.717, 1.165) is 16.2 Å². The molecule has 1 heterocycles. The van der Waals surface area contributed by atoms with Crippen molar-refractivity contribution in [3.63, 3.8) is 0 Å². The number of ether oxygens (including phenoxy) is 3. The van der Waals surface area contributed by atoms with E-state index in [0.29, 0.717) is 22.8 Å². The number of imidazole rings is 1. The molecule has 1 aromatic heterocycles. The molecule has 0 fully saturated rings. The van der Waals surface area contributed by atoms with Gasteiger partial charge in [0.1, 0.15) is 17.2 Å². The van der Waals surface area contributed by atoms with Gasteiger partial charge in [0.2, 0.25) is 0 Å². The predicted octanol–water partition coefficient (Wildman–Crippen LogP) is 2.84. The Morgan fingerprint density at radius 1 is 1.17 bits per heavy atom. The number of hydrogen-bond donors (Lipinski definition) is 1.